The number of aryl methyl sites for hydroxylation is 1. The van der Waals surface area contributed by atoms with Gasteiger partial charge in [0.05, 0.1) is 5.69 Å². The number of unbranched alkanes of at least 4 members (excludes halogenated alkanes) is 1. The van der Waals surface area contributed by atoms with Crippen molar-refractivity contribution in [3.05, 3.63) is 65.0 Å². The van der Waals surface area contributed by atoms with Gasteiger partial charge in [-0.2, -0.15) is 0 Å². The van der Waals surface area contributed by atoms with E-state index in [1.807, 2.05) is 53.9 Å². The van der Waals surface area contributed by atoms with Crippen LogP contribution < -0.4 is 11.1 Å². The van der Waals surface area contributed by atoms with Crippen LogP contribution >= 0.6 is 11.3 Å². The van der Waals surface area contributed by atoms with Crippen molar-refractivity contribution in [1.82, 2.24) is 4.98 Å². The maximum Gasteiger partial charge on any atom is 0.255 e. The Hall–Kier alpha value is -2.66. The van der Waals surface area contributed by atoms with Crippen molar-refractivity contribution in [2.75, 3.05) is 11.1 Å². The molecule has 1 amide bonds. The SMILES string of the molecule is CCCCc1ccc(C(=O)Nc2ccc(-c3csc(N)n3)cc2)cc1. The van der Waals surface area contributed by atoms with Gasteiger partial charge < -0.3 is 11.1 Å². The fourth-order valence-electron chi connectivity index (χ4n) is 2.55. The average molecular weight is 351 g/mol. The lowest BCUT2D eigenvalue weighted by Crippen LogP contribution is -2.11. The number of benzene rings is 2. The van der Waals surface area contributed by atoms with Gasteiger partial charge in [0.2, 0.25) is 0 Å². The predicted molar refractivity (Wildman–Crippen MR) is 105 cm³/mol. The predicted octanol–water partition coefficient (Wildman–Crippen LogP) is 4.99. The molecule has 2 aromatic carbocycles. The third-order valence-corrected chi connectivity index (χ3v) is 4.67. The highest BCUT2D eigenvalue weighted by Gasteiger charge is 2.07. The van der Waals surface area contributed by atoms with Gasteiger partial charge in [0, 0.05) is 22.2 Å². The highest BCUT2D eigenvalue weighted by molar-refractivity contribution is 7.13. The fourth-order valence-corrected chi connectivity index (χ4v) is 3.12. The van der Waals surface area contributed by atoms with Crippen LogP contribution in [0.15, 0.2) is 53.9 Å². The summed E-state index contributed by atoms with van der Waals surface area (Å²) in [5.41, 5.74) is 10.2. The molecule has 5 heteroatoms. The number of hydrogen-bond donors (Lipinski definition) is 2. The van der Waals surface area contributed by atoms with Gasteiger partial charge in [-0.1, -0.05) is 37.6 Å². The van der Waals surface area contributed by atoms with E-state index in [1.165, 1.54) is 29.7 Å². The molecule has 0 spiro atoms. The van der Waals surface area contributed by atoms with Crippen LogP contribution in [0.4, 0.5) is 10.8 Å². The zero-order valence-electron chi connectivity index (χ0n) is 14.2. The van der Waals surface area contributed by atoms with Crippen LogP contribution in [0.25, 0.3) is 11.3 Å². The van der Waals surface area contributed by atoms with Crippen LogP contribution in [0.3, 0.4) is 0 Å². The molecule has 0 atom stereocenters. The fraction of sp³-hybridized carbons (Fsp3) is 0.200. The molecule has 0 radical (unpaired) electrons. The third-order valence-electron chi connectivity index (χ3n) is 4.00. The van der Waals surface area contributed by atoms with Gasteiger partial charge in [-0.05, 0) is 42.7 Å². The minimum absolute atomic E-state index is 0.104. The number of carbonyl (C=O) groups is 1. The van der Waals surface area contributed by atoms with Crippen LogP contribution in [0, 0.1) is 0 Å². The number of nitrogen functional groups attached to an aromatic ring is 1. The molecule has 0 aliphatic heterocycles. The number of thiazole rings is 1. The third kappa shape index (κ3) is 4.45. The molecule has 1 heterocycles. The molecule has 0 saturated carbocycles. The van der Waals surface area contributed by atoms with E-state index in [0.29, 0.717) is 10.7 Å². The van der Waals surface area contributed by atoms with Crippen molar-refractivity contribution in [2.45, 2.75) is 26.2 Å². The van der Waals surface area contributed by atoms with Crippen LogP contribution in [-0.4, -0.2) is 10.9 Å². The first-order valence-corrected chi connectivity index (χ1v) is 9.25. The Morgan fingerprint density at radius 2 is 1.84 bits per heavy atom. The van der Waals surface area contributed by atoms with Gasteiger partial charge in [0.25, 0.3) is 5.91 Å². The lowest BCUT2D eigenvalue weighted by Gasteiger charge is -2.07. The summed E-state index contributed by atoms with van der Waals surface area (Å²) in [4.78, 5) is 16.6. The number of hydrogen-bond acceptors (Lipinski definition) is 4. The Morgan fingerprint density at radius 1 is 1.12 bits per heavy atom. The van der Waals surface area contributed by atoms with E-state index >= 15 is 0 Å². The molecule has 0 unspecified atom stereocenters. The maximum atomic E-state index is 12.4. The summed E-state index contributed by atoms with van der Waals surface area (Å²) in [5, 5.41) is 5.39. The Bertz CT molecular complexity index is 838. The van der Waals surface area contributed by atoms with E-state index in [2.05, 4.69) is 17.2 Å². The second kappa shape index (κ2) is 7.94. The molecule has 0 aliphatic rings. The van der Waals surface area contributed by atoms with Crippen molar-refractivity contribution in [3.8, 4) is 11.3 Å². The minimum atomic E-state index is -0.104. The van der Waals surface area contributed by atoms with Gasteiger partial charge in [0.15, 0.2) is 5.13 Å². The first-order valence-electron chi connectivity index (χ1n) is 8.37. The van der Waals surface area contributed by atoms with Gasteiger partial charge >= 0.3 is 0 Å². The van der Waals surface area contributed by atoms with Crippen molar-refractivity contribution in [1.29, 1.82) is 0 Å². The van der Waals surface area contributed by atoms with E-state index in [0.717, 1.165) is 23.4 Å². The van der Waals surface area contributed by atoms with E-state index in [9.17, 15) is 4.79 Å². The second-order valence-electron chi connectivity index (χ2n) is 5.90. The molecule has 4 nitrogen and oxygen atoms in total. The van der Waals surface area contributed by atoms with Crippen LogP contribution in [-0.2, 0) is 6.42 Å². The molecular weight excluding hydrogens is 330 g/mol. The summed E-state index contributed by atoms with van der Waals surface area (Å²) in [6, 6.07) is 15.4. The molecule has 3 rings (SSSR count). The standard InChI is InChI=1S/C20H21N3OS/c1-2-3-4-14-5-7-16(8-6-14)19(24)22-17-11-9-15(10-12-17)18-13-25-20(21)23-18/h5-13H,2-4H2,1H3,(H2,21,23)(H,22,24). The maximum absolute atomic E-state index is 12.4. The first-order chi connectivity index (χ1) is 12.2. The number of nitrogens with one attached hydrogen (secondary N) is 1. The lowest BCUT2D eigenvalue weighted by atomic mass is 10.1. The molecular formula is C20H21N3OS. The molecule has 25 heavy (non-hydrogen) atoms. The molecule has 3 N–H and O–H groups in total. The van der Waals surface area contributed by atoms with Crippen LogP contribution in [0.1, 0.15) is 35.7 Å². The Morgan fingerprint density at radius 3 is 2.44 bits per heavy atom. The number of amides is 1. The van der Waals surface area contributed by atoms with Crippen LogP contribution in [0.2, 0.25) is 0 Å². The Labute approximate surface area is 151 Å². The van der Waals surface area contributed by atoms with Crippen molar-refractivity contribution in [2.24, 2.45) is 0 Å². The number of aromatic nitrogens is 1. The minimum Gasteiger partial charge on any atom is -0.375 e. The largest absolute Gasteiger partial charge is 0.375 e. The molecule has 0 fully saturated rings. The zero-order valence-corrected chi connectivity index (χ0v) is 15.0. The molecule has 0 bridgehead atoms. The second-order valence-corrected chi connectivity index (χ2v) is 6.79. The number of anilines is 2. The smallest absolute Gasteiger partial charge is 0.255 e. The molecule has 3 aromatic rings. The monoisotopic (exact) mass is 351 g/mol. The lowest BCUT2D eigenvalue weighted by molar-refractivity contribution is 0.102. The zero-order chi connectivity index (χ0) is 17.6. The molecule has 128 valence electrons. The summed E-state index contributed by atoms with van der Waals surface area (Å²) in [7, 11) is 0. The number of carbonyl (C=O) groups excluding carboxylic acids is 1. The average Bonchev–Trinajstić information content (AvgIpc) is 3.07. The highest BCUT2D eigenvalue weighted by atomic mass is 32.1. The first kappa shape index (κ1) is 17.2. The highest BCUT2D eigenvalue weighted by Crippen LogP contribution is 2.24. The Balaban J connectivity index is 1.64. The normalized spacial score (nSPS) is 10.6. The topological polar surface area (TPSA) is 68.0 Å². The van der Waals surface area contributed by atoms with Gasteiger partial charge in [-0.15, -0.1) is 11.3 Å². The number of rotatable bonds is 6. The Kier molecular flexibility index (Phi) is 5.46. The summed E-state index contributed by atoms with van der Waals surface area (Å²) in [6.07, 6.45) is 3.40. The molecule has 1 aromatic heterocycles. The molecule has 0 aliphatic carbocycles. The van der Waals surface area contributed by atoms with E-state index < -0.39 is 0 Å². The van der Waals surface area contributed by atoms with Gasteiger partial charge in [0.1, 0.15) is 0 Å². The van der Waals surface area contributed by atoms with Crippen molar-refractivity contribution in [3.63, 3.8) is 0 Å². The van der Waals surface area contributed by atoms with Gasteiger partial charge in [-0.25, -0.2) is 4.98 Å². The van der Waals surface area contributed by atoms with Crippen molar-refractivity contribution < 1.29 is 4.79 Å². The van der Waals surface area contributed by atoms with Gasteiger partial charge in [-0.3, -0.25) is 4.79 Å². The number of nitrogens with two attached hydrogens (primary N) is 1. The van der Waals surface area contributed by atoms with Crippen LogP contribution in [0.5, 0.6) is 0 Å². The van der Waals surface area contributed by atoms with Crippen molar-refractivity contribution >= 4 is 28.1 Å². The summed E-state index contributed by atoms with van der Waals surface area (Å²) in [5.74, 6) is -0.104. The quantitative estimate of drug-likeness (QED) is 0.657. The molecule has 0 saturated heterocycles. The summed E-state index contributed by atoms with van der Waals surface area (Å²) < 4.78 is 0. The van der Waals surface area contributed by atoms with E-state index in [-0.39, 0.29) is 5.91 Å². The number of nitrogens with zero attached hydrogens (tertiary/aromatic N) is 1. The summed E-state index contributed by atoms with van der Waals surface area (Å²) in [6.45, 7) is 2.18. The van der Waals surface area contributed by atoms with E-state index in [1.54, 1.807) is 0 Å². The van der Waals surface area contributed by atoms with E-state index in [4.69, 9.17) is 5.73 Å². The summed E-state index contributed by atoms with van der Waals surface area (Å²) >= 11 is 1.41.